The summed E-state index contributed by atoms with van der Waals surface area (Å²) in [5, 5.41) is 1.10. The number of aromatic amines is 1. The molecule has 0 aliphatic heterocycles. The van der Waals surface area contributed by atoms with Gasteiger partial charge in [0.25, 0.3) is 0 Å². The molecule has 0 amide bonds. The first-order chi connectivity index (χ1) is 10.3. The van der Waals surface area contributed by atoms with E-state index >= 15 is 0 Å². The van der Waals surface area contributed by atoms with E-state index < -0.39 is 11.7 Å². The fraction of sp³-hybridized carbons (Fsp3) is 0.0625. The third-order valence-electron chi connectivity index (χ3n) is 3.33. The Balaban J connectivity index is 2.11. The van der Waals surface area contributed by atoms with Gasteiger partial charge in [-0.3, -0.25) is 4.79 Å². The Kier molecular flexibility index (Phi) is 3.45. The molecule has 0 spiro atoms. The molecule has 0 unspecified atom stereocenters. The van der Waals surface area contributed by atoms with Crippen LogP contribution in [0.2, 0.25) is 5.02 Å². The van der Waals surface area contributed by atoms with Crippen LogP contribution in [0, 0.1) is 0 Å². The average molecular weight is 324 g/mol. The zero-order chi connectivity index (χ0) is 15.9. The van der Waals surface area contributed by atoms with Crippen LogP contribution in [0.4, 0.5) is 13.2 Å². The fourth-order valence-electron chi connectivity index (χ4n) is 2.24. The van der Waals surface area contributed by atoms with Crippen molar-refractivity contribution in [1.29, 1.82) is 0 Å². The molecule has 0 fully saturated rings. The van der Waals surface area contributed by atoms with Crippen LogP contribution in [0.1, 0.15) is 5.56 Å². The normalized spacial score (nSPS) is 11.8. The van der Waals surface area contributed by atoms with Crippen LogP contribution < -0.4 is 5.56 Å². The summed E-state index contributed by atoms with van der Waals surface area (Å²) in [7, 11) is 0. The molecule has 2 aromatic carbocycles. The van der Waals surface area contributed by atoms with E-state index in [-0.39, 0.29) is 5.56 Å². The zero-order valence-electron chi connectivity index (χ0n) is 11.0. The molecule has 3 rings (SSSR count). The van der Waals surface area contributed by atoms with E-state index in [0.29, 0.717) is 21.7 Å². The number of hydrogen-bond acceptors (Lipinski definition) is 1. The molecule has 22 heavy (non-hydrogen) atoms. The van der Waals surface area contributed by atoms with Crippen LogP contribution in [0.5, 0.6) is 0 Å². The number of nitrogens with one attached hydrogen (secondary N) is 1. The molecule has 112 valence electrons. The lowest BCUT2D eigenvalue weighted by Crippen LogP contribution is -2.04. The highest BCUT2D eigenvalue weighted by Crippen LogP contribution is 2.34. The molecule has 0 radical (unpaired) electrons. The Bertz CT molecular complexity index is 898. The zero-order valence-corrected chi connectivity index (χ0v) is 11.8. The van der Waals surface area contributed by atoms with Crippen molar-refractivity contribution in [2.24, 2.45) is 0 Å². The van der Waals surface area contributed by atoms with Crippen LogP contribution in [-0.2, 0) is 6.18 Å². The third kappa shape index (κ3) is 2.72. The van der Waals surface area contributed by atoms with E-state index in [1.54, 1.807) is 18.2 Å². The number of rotatable bonds is 1. The predicted molar refractivity (Wildman–Crippen MR) is 80.0 cm³/mol. The first-order valence-electron chi connectivity index (χ1n) is 6.35. The molecule has 3 aromatic rings. The number of halogens is 4. The second-order valence-electron chi connectivity index (χ2n) is 4.82. The highest BCUT2D eigenvalue weighted by Gasteiger charge is 2.30. The molecule has 0 saturated carbocycles. The topological polar surface area (TPSA) is 32.9 Å². The van der Waals surface area contributed by atoms with Crippen molar-refractivity contribution in [3.05, 3.63) is 69.5 Å². The quantitative estimate of drug-likeness (QED) is 0.681. The van der Waals surface area contributed by atoms with Crippen LogP contribution in [-0.4, -0.2) is 4.98 Å². The van der Waals surface area contributed by atoms with Gasteiger partial charge in [0.2, 0.25) is 5.56 Å². The Morgan fingerprint density at radius 2 is 1.64 bits per heavy atom. The Hall–Kier alpha value is -2.27. The highest BCUT2D eigenvalue weighted by molar-refractivity contribution is 6.34. The largest absolute Gasteiger partial charge is 0.416 e. The van der Waals surface area contributed by atoms with E-state index in [9.17, 15) is 18.0 Å². The van der Waals surface area contributed by atoms with Crippen LogP contribution in [0.25, 0.3) is 22.0 Å². The van der Waals surface area contributed by atoms with E-state index in [0.717, 1.165) is 17.5 Å². The molecular weight excluding hydrogens is 315 g/mol. The highest BCUT2D eigenvalue weighted by atomic mass is 35.5. The molecule has 0 bridgehead atoms. The number of fused-ring (bicyclic) bond motifs is 1. The molecular formula is C16H9ClF3NO. The lowest BCUT2D eigenvalue weighted by molar-refractivity contribution is -0.137. The second-order valence-corrected chi connectivity index (χ2v) is 5.22. The first-order valence-corrected chi connectivity index (χ1v) is 6.72. The van der Waals surface area contributed by atoms with Gasteiger partial charge in [0.05, 0.1) is 10.6 Å². The minimum Gasteiger partial charge on any atom is -0.322 e. The molecule has 1 N–H and O–H groups in total. The van der Waals surface area contributed by atoms with Gasteiger partial charge in [0, 0.05) is 17.1 Å². The second kappa shape index (κ2) is 5.18. The summed E-state index contributed by atoms with van der Waals surface area (Å²) in [5.41, 5.74) is 0.803. The summed E-state index contributed by atoms with van der Waals surface area (Å²) in [4.78, 5) is 13.9. The van der Waals surface area contributed by atoms with Gasteiger partial charge < -0.3 is 4.98 Å². The van der Waals surface area contributed by atoms with E-state index in [1.165, 1.54) is 18.2 Å². The first kappa shape index (κ1) is 14.7. The summed E-state index contributed by atoms with van der Waals surface area (Å²) in [5.74, 6) is 0. The van der Waals surface area contributed by atoms with Gasteiger partial charge in [0.1, 0.15) is 0 Å². The lowest BCUT2D eigenvalue weighted by atomic mass is 10.0. The predicted octanol–water partition coefficient (Wildman–Crippen LogP) is 4.87. The molecule has 1 aromatic heterocycles. The van der Waals surface area contributed by atoms with Gasteiger partial charge in [-0.2, -0.15) is 13.2 Å². The Morgan fingerprint density at radius 3 is 2.27 bits per heavy atom. The fourth-order valence-corrected chi connectivity index (χ4v) is 2.51. The van der Waals surface area contributed by atoms with Crippen molar-refractivity contribution in [1.82, 2.24) is 4.98 Å². The van der Waals surface area contributed by atoms with E-state index in [1.807, 2.05) is 0 Å². The number of benzene rings is 2. The van der Waals surface area contributed by atoms with E-state index in [2.05, 4.69) is 4.98 Å². The van der Waals surface area contributed by atoms with Crippen LogP contribution >= 0.6 is 11.6 Å². The van der Waals surface area contributed by atoms with Crippen molar-refractivity contribution in [3.63, 3.8) is 0 Å². The molecule has 1 heterocycles. The number of hydrogen-bond donors (Lipinski definition) is 1. The lowest BCUT2D eigenvalue weighted by Gasteiger charge is -2.10. The smallest absolute Gasteiger partial charge is 0.322 e. The Labute approximate surface area is 128 Å². The van der Waals surface area contributed by atoms with Gasteiger partial charge in [-0.25, -0.2) is 0 Å². The van der Waals surface area contributed by atoms with Crippen molar-refractivity contribution >= 4 is 22.5 Å². The SMILES string of the molecule is O=c1ccc2cc(-c3ccc(C(F)(F)F)cc3)c(Cl)cc2[nH]1. The maximum atomic E-state index is 12.6. The summed E-state index contributed by atoms with van der Waals surface area (Å²) in [6.07, 6.45) is -4.37. The van der Waals surface area contributed by atoms with Gasteiger partial charge in [-0.05, 0) is 41.3 Å². The molecule has 0 atom stereocenters. The van der Waals surface area contributed by atoms with Gasteiger partial charge in [0.15, 0.2) is 0 Å². The Morgan fingerprint density at radius 1 is 0.955 bits per heavy atom. The number of alkyl halides is 3. The molecule has 6 heteroatoms. The van der Waals surface area contributed by atoms with Crippen LogP contribution in [0.3, 0.4) is 0 Å². The number of H-pyrrole nitrogens is 1. The molecule has 0 aliphatic carbocycles. The van der Waals surface area contributed by atoms with E-state index in [4.69, 9.17) is 11.6 Å². The summed E-state index contributed by atoms with van der Waals surface area (Å²) in [6.45, 7) is 0. The maximum absolute atomic E-state index is 12.6. The van der Waals surface area contributed by atoms with Crippen molar-refractivity contribution in [3.8, 4) is 11.1 Å². The number of pyridine rings is 1. The molecule has 0 saturated heterocycles. The van der Waals surface area contributed by atoms with Gasteiger partial charge >= 0.3 is 6.18 Å². The van der Waals surface area contributed by atoms with Crippen molar-refractivity contribution in [2.45, 2.75) is 6.18 Å². The van der Waals surface area contributed by atoms with Crippen LogP contribution in [0.15, 0.2) is 53.3 Å². The van der Waals surface area contributed by atoms with Crippen molar-refractivity contribution < 1.29 is 13.2 Å². The average Bonchev–Trinajstić information content (AvgIpc) is 2.45. The minimum atomic E-state index is -4.37. The molecule has 0 aliphatic rings. The standard InChI is InChI=1S/C16H9ClF3NO/c17-13-8-14-10(3-6-15(22)21-14)7-12(13)9-1-4-11(5-2-9)16(18,19)20/h1-8H,(H,21,22). The number of aromatic nitrogens is 1. The monoisotopic (exact) mass is 323 g/mol. The maximum Gasteiger partial charge on any atom is 0.416 e. The minimum absolute atomic E-state index is 0.245. The van der Waals surface area contributed by atoms with Gasteiger partial charge in [-0.1, -0.05) is 23.7 Å². The van der Waals surface area contributed by atoms with Gasteiger partial charge in [-0.15, -0.1) is 0 Å². The van der Waals surface area contributed by atoms with Crippen molar-refractivity contribution in [2.75, 3.05) is 0 Å². The molecule has 2 nitrogen and oxygen atoms in total. The summed E-state index contributed by atoms with van der Waals surface area (Å²) >= 11 is 6.18. The third-order valence-corrected chi connectivity index (χ3v) is 3.65. The summed E-state index contributed by atoms with van der Waals surface area (Å²) < 4.78 is 37.8. The summed E-state index contributed by atoms with van der Waals surface area (Å²) in [6, 6.07) is 11.1.